The third-order valence-electron chi connectivity index (χ3n) is 2.46. The number of carboxylic acids is 1. The van der Waals surface area contributed by atoms with Crippen LogP contribution in [-0.2, 0) is 4.79 Å². The van der Waals surface area contributed by atoms with Crippen LogP contribution in [0.4, 0.5) is 10.1 Å². The van der Waals surface area contributed by atoms with Gasteiger partial charge in [-0.25, -0.2) is 9.18 Å². The molecule has 1 rings (SSSR count). The minimum absolute atomic E-state index is 0.0594. The molecule has 1 amide bonds. The number of halogens is 1. The van der Waals surface area contributed by atoms with Crippen LogP contribution >= 0.6 is 0 Å². The van der Waals surface area contributed by atoms with E-state index in [0.29, 0.717) is 6.42 Å². The molecule has 0 heterocycles. The molecule has 6 heteroatoms. The second-order valence-electron chi connectivity index (χ2n) is 3.92. The largest absolute Gasteiger partial charge is 0.478 e. The highest BCUT2D eigenvalue weighted by Crippen LogP contribution is 2.17. The van der Waals surface area contributed by atoms with E-state index >= 15 is 0 Å². The summed E-state index contributed by atoms with van der Waals surface area (Å²) in [5, 5.41) is 11.3. The summed E-state index contributed by atoms with van der Waals surface area (Å²) in [4.78, 5) is 22.5. The minimum atomic E-state index is -1.23. The number of benzene rings is 1. The molecule has 0 aliphatic rings. The third kappa shape index (κ3) is 3.81. The molecule has 1 atom stereocenters. The Labute approximate surface area is 104 Å². The summed E-state index contributed by atoms with van der Waals surface area (Å²) >= 11 is 0. The number of rotatable bonds is 5. The Balaban J connectivity index is 2.86. The second-order valence-corrected chi connectivity index (χ2v) is 3.92. The number of nitrogens with one attached hydrogen (secondary N) is 1. The smallest absolute Gasteiger partial charge is 0.337 e. The van der Waals surface area contributed by atoms with Gasteiger partial charge >= 0.3 is 5.97 Å². The molecule has 0 saturated heterocycles. The van der Waals surface area contributed by atoms with Crippen LogP contribution < -0.4 is 11.1 Å². The number of hydrogen-bond acceptors (Lipinski definition) is 3. The van der Waals surface area contributed by atoms with E-state index < -0.39 is 17.7 Å². The van der Waals surface area contributed by atoms with Gasteiger partial charge in [-0.1, -0.05) is 6.92 Å². The highest BCUT2D eigenvalue weighted by Gasteiger charge is 2.14. The van der Waals surface area contributed by atoms with Gasteiger partial charge in [-0.15, -0.1) is 0 Å². The first-order valence-corrected chi connectivity index (χ1v) is 5.52. The van der Waals surface area contributed by atoms with Crippen LogP contribution in [0.2, 0.25) is 0 Å². The fraction of sp³-hybridized carbons (Fsp3) is 0.333. The molecule has 4 N–H and O–H groups in total. The molecule has 1 aromatic carbocycles. The summed E-state index contributed by atoms with van der Waals surface area (Å²) in [6, 6.07) is 2.80. The lowest BCUT2D eigenvalue weighted by molar-refractivity contribution is -0.116. The molecular weight excluding hydrogens is 239 g/mol. The van der Waals surface area contributed by atoms with Crippen LogP contribution in [0.15, 0.2) is 18.2 Å². The lowest BCUT2D eigenvalue weighted by atomic mass is 10.1. The maximum atomic E-state index is 13.0. The standard InChI is InChI=1S/C12H15FN2O3/c1-2-8(14)6-11(16)15-10-5-7(13)3-4-9(10)12(17)18/h3-5,8H,2,6,14H2,1H3,(H,15,16)(H,17,18). The number of carbonyl (C=O) groups excluding carboxylic acids is 1. The molecule has 1 unspecified atom stereocenters. The van der Waals surface area contributed by atoms with E-state index in [1.807, 2.05) is 6.92 Å². The normalized spacial score (nSPS) is 11.9. The Kier molecular flexibility index (Phi) is 4.79. The third-order valence-corrected chi connectivity index (χ3v) is 2.46. The van der Waals surface area contributed by atoms with E-state index in [0.717, 1.165) is 18.2 Å². The van der Waals surface area contributed by atoms with Crippen molar-refractivity contribution in [2.24, 2.45) is 5.73 Å². The topological polar surface area (TPSA) is 92.4 Å². The zero-order valence-electron chi connectivity index (χ0n) is 9.94. The van der Waals surface area contributed by atoms with Gasteiger partial charge < -0.3 is 16.2 Å². The van der Waals surface area contributed by atoms with Crippen molar-refractivity contribution in [3.05, 3.63) is 29.6 Å². The lowest BCUT2D eigenvalue weighted by Gasteiger charge is -2.11. The molecule has 0 aliphatic carbocycles. The molecule has 0 bridgehead atoms. The average molecular weight is 254 g/mol. The molecule has 5 nitrogen and oxygen atoms in total. The van der Waals surface area contributed by atoms with E-state index in [2.05, 4.69) is 5.32 Å². The van der Waals surface area contributed by atoms with Crippen molar-refractivity contribution < 1.29 is 19.1 Å². The Morgan fingerprint density at radius 2 is 2.17 bits per heavy atom. The molecule has 0 saturated carbocycles. The number of amides is 1. The van der Waals surface area contributed by atoms with Gasteiger partial charge in [0.2, 0.25) is 5.91 Å². The molecule has 0 aliphatic heterocycles. The van der Waals surface area contributed by atoms with Gasteiger partial charge in [-0.05, 0) is 24.6 Å². The fourth-order valence-electron chi connectivity index (χ4n) is 1.39. The Morgan fingerprint density at radius 1 is 1.50 bits per heavy atom. The maximum Gasteiger partial charge on any atom is 0.337 e. The fourth-order valence-corrected chi connectivity index (χ4v) is 1.39. The summed E-state index contributed by atoms with van der Waals surface area (Å²) in [5.74, 6) is -2.28. The van der Waals surface area contributed by atoms with Crippen molar-refractivity contribution in [3.63, 3.8) is 0 Å². The first-order valence-electron chi connectivity index (χ1n) is 5.52. The van der Waals surface area contributed by atoms with Crippen LogP contribution in [0.1, 0.15) is 30.1 Å². The van der Waals surface area contributed by atoms with Crippen LogP contribution in [0.3, 0.4) is 0 Å². The zero-order valence-corrected chi connectivity index (χ0v) is 9.94. The molecular formula is C12H15FN2O3. The van der Waals surface area contributed by atoms with E-state index in [1.54, 1.807) is 0 Å². The van der Waals surface area contributed by atoms with Gasteiger partial charge in [-0.2, -0.15) is 0 Å². The van der Waals surface area contributed by atoms with Crippen molar-refractivity contribution in [1.29, 1.82) is 0 Å². The zero-order chi connectivity index (χ0) is 13.7. The Hall–Kier alpha value is -1.95. The molecule has 98 valence electrons. The number of nitrogens with two attached hydrogens (primary N) is 1. The van der Waals surface area contributed by atoms with Crippen molar-refractivity contribution in [1.82, 2.24) is 0 Å². The molecule has 18 heavy (non-hydrogen) atoms. The first kappa shape index (κ1) is 14.1. The summed E-state index contributed by atoms with van der Waals surface area (Å²) in [5.41, 5.74) is 5.39. The lowest BCUT2D eigenvalue weighted by Crippen LogP contribution is -2.26. The molecule has 0 fully saturated rings. The SMILES string of the molecule is CCC(N)CC(=O)Nc1cc(F)ccc1C(=O)O. The predicted octanol–water partition coefficient (Wildman–Crippen LogP) is 1.59. The van der Waals surface area contributed by atoms with E-state index in [9.17, 15) is 14.0 Å². The van der Waals surface area contributed by atoms with Gasteiger partial charge in [0.15, 0.2) is 0 Å². The van der Waals surface area contributed by atoms with Crippen molar-refractivity contribution in [2.75, 3.05) is 5.32 Å². The molecule has 0 radical (unpaired) electrons. The monoisotopic (exact) mass is 254 g/mol. The summed E-state index contributed by atoms with van der Waals surface area (Å²) in [6.45, 7) is 1.84. The number of anilines is 1. The summed E-state index contributed by atoms with van der Waals surface area (Å²) in [7, 11) is 0. The molecule has 0 aromatic heterocycles. The van der Waals surface area contributed by atoms with Crippen molar-refractivity contribution >= 4 is 17.6 Å². The average Bonchev–Trinajstić information content (AvgIpc) is 2.28. The summed E-state index contributed by atoms with van der Waals surface area (Å²) < 4.78 is 13.0. The van der Waals surface area contributed by atoms with Gasteiger partial charge in [0.1, 0.15) is 5.82 Å². The number of carbonyl (C=O) groups is 2. The Bertz CT molecular complexity index is 463. The highest BCUT2D eigenvalue weighted by molar-refractivity contribution is 6.00. The van der Waals surface area contributed by atoms with Crippen molar-refractivity contribution in [2.45, 2.75) is 25.8 Å². The van der Waals surface area contributed by atoms with Crippen LogP contribution in [-0.4, -0.2) is 23.0 Å². The number of hydrogen-bond donors (Lipinski definition) is 3. The highest BCUT2D eigenvalue weighted by atomic mass is 19.1. The molecule has 0 spiro atoms. The minimum Gasteiger partial charge on any atom is -0.478 e. The van der Waals surface area contributed by atoms with Crippen LogP contribution in [0.25, 0.3) is 0 Å². The van der Waals surface area contributed by atoms with Crippen molar-refractivity contribution in [3.8, 4) is 0 Å². The van der Waals surface area contributed by atoms with E-state index in [-0.39, 0.29) is 23.7 Å². The van der Waals surface area contributed by atoms with Crippen LogP contribution in [0, 0.1) is 5.82 Å². The van der Waals surface area contributed by atoms with Crippen LogP contribution in [0.5, 0.6) is 0 Å². The van der Waals surface area contributed by atoms with Gasteiger partial charge in [0.25, 0.3) is 0 Å². The first-order chi connectivity index (χ1) is 8.43. The van der Waals surface area contributed by atoms with Gasteiger partial charge in [-0.3, -0.25) is 4.79 Å². The van der Waals surface area contributed by atoms with Gasteiger partial charge in [0.05, 0.1) is 11.3 Å². The predicted molar refractivity (Wildman–Crippen MR) is 64.9 cm³/mol. The van der Waals surface area contributed by atoms with Gasteiger partial charge in [0, 0.05) is 12.5 Å². The second kappa shape index (κ2) is 6.11. The van der Waals surface area contributed by atoms with E-state index in [1.165, 1.54) is 0 Å². The number of aromatic carboxylic acids is 1. The molecule has 1 aromatic rings. The maximum absolute atomic E-state index is 13.0. The quantitative estimate of drug-likeness (QED) is 0.744. The Morgan fingerprint density at radius 3 is 2.72 bits per heavy atom. The summed E-state index contributed by atoms with van der Waals surface area (Å²) in [6.07, 6.45) is 0.689. The van der Waals surface area contributed by atoms with E-state index in [4.69, 9.17) is 10.8 Å². The number of carboxylic acid groups (broad SMARTS) is 1.